The Hall–Kier alpha value is -5.84. The average Bonchev–Trinajstić information content (AvgIpc) is 4.09. The quantitative estimate of drug-likeness (QED) is 0.123. The van der Waals surface area contributed by atoms with Crippen molar-refractivity contribution in [1.82, 2.24) is 9.97 Å². The Labute approximate surface area is 474 Å². The predicted octanol–water partition coefficient (Wildman–Crippen LogP) is 15.0. The number of pyridine rings is 2. The molecule has 4 aliphatic rings. The van der Waals surface area contributed by atoms with Gasteiger partial charge in [0.05, 0.1) is 21.1 Å². The lowest BCUT2D eigenvalue weighted by Gasteiger charge is -2.39. The molecule has 16 heteroatoms. The maximum Gasteiger partial charge on any atom is 0.348 e. The summed E-state index contributed by atoms with van der Waals surface area (Å²) in [7, 11) is 0. The number of hydrogen-bond acceptors (Lipinski definition) is 10. The molecule has 0 aromatic carbocycles. The first-order valence-electron chi connectivity index (χ1n) is 28.3. The Kier molecular flexibility index (Phi) is 20.1. The summed E-state index contributed by atoms with van der Waals surface area (Å²) in [4.78, 5) is 66.5. The van der Waals surface area contributed by atoms with Crippen molar-refractivity contribution in [3.05, 3.63) is 79.4 Å². The third-order valence-corrected chi connectivity index (χ3v) is 17.4. The van der Waals surface area contributed by atoms with Crippen molar-refractivity contribution in [3.63, 3.8) is 0 Å². The van der Waals surface area contributed by atoms with Crippen molar-refractivity contribution >= 4 is 57.8 Å². The van der Waals surface area contributed by atoms with E-state index >= 15 is 0 Å². The van der Waals surface area contributed by atoms with Crippen molar-refractivity contribution < 1.29 is 47.6 Å². The van der Waals surface area contributed by atoms with Gasteiger partial charge in [0.2, 0.25) is 23.6 Å². The van der Waals surface area contributed by atoms with Gasteiger partial charge in [-0.05, 0) is 187 Å². The van der Waals surface area contributed by atoms with Crippen molar-refractivity contribution in [2.45, 2.75) is 202 Å². The van der Waals surface area contributed by atoms with E-state index in [4.69, 9.17) is 9.47 Å². The third kappa shape index (κ3) is 17.1. The van der Waals surface area contributed by atoms with Crippen LogP contribution in [0.5, 0.6) is 11.8 Å². The second kappa shape index (κ2) is 26.2. The Morgan fingerprint density at radius 3 is 1.27 bits per heavy atom. The summed E-state index contributed by atoms with van der Waals surface area (Å²) >= 11 is 2.29. The largest absolute Gasteiger partial charge is 0.477 e. The van der Waals surface area contributed by atoms with Crippen LogP contribution >= 0.6 is 22.7 Å². The lowest BCUT2D eigenvalue weighted by Crippen LogP contribution is -2.47. The smallest absolute Gasteiger partial charge is 0.348 e. The van der Waals surface area contributed by atoms with E-state index in [-0.39, 0.29) is 74.1 Å². The Bertz CT molecular complexity index is 2860. The van der Waals surface area contributed by atoms with Crippen LogP contribution in [0.15, 0.2) is 48.8 Å². The molecule has 4 fully saturated rings. The van der Waals surface area contributed by atoms with Gasteiger partial charge in [-0.2, -0.15) is 0 Å². The number of aromatic carboxylic acids is 2. The average molecular weight is 1120 g/mol. The van der Waals surface area contributed by atoms with E-state index < -0.39 is 17.9 Å². The Balaban J connectivity index is 0.000000229. The van der Waals surface area contributed by atoms with Crippen molar-refractivity contribution in [2.75, 3.05) is 9.80 Å². The van der Waals surface area contributed by atoms with Gasteiger partial charge in [0.15, 0.2) is 0 Å². The van der Waals surface area contributed by atoms with Gasteiger partial charge in [-0.1, -0.05) is 43.6 Å². The maximum atomic E-state index is 14.1. The number of alkyl halides is 2. The number of anilines is 2. The van der Waals surface area contributed by atoms with E-state index in [9.17, 15) is 38.2 Å². The first-order valence-corrected chi connectivity index (χ1v) is 29.9. The summed E-state index contributed by atoms with van der Waals surface area (Å²) < 4.78 is 39.2. The van der Waals surface area contributed by atoms with Crippen LogP contribution in [-0.4, -0.2) is 68.2 Å². The number of rotatable bonds is 13. The summed E-state index contributed by atoms with van der Waals surface area (Å²) in [6.07, 6.45) is 15.8. The number of thiophene rings is 2. The first-order chi connectivity index (χ1) is 37.2. The molecule has 2 N–H and O–H groups in total. The number of nitrogens with zero attached hydrogens (tertiary/aromatic N) is 4. The van der Waals surface area contributed by atoms with Crippen LogP contribution in [0.4, 0.5) is 20.2 Å². The summed E-state index contributed by atoms with van der Waals surface area (Å²) in [6.45, 7) is 19.3. The number of carbonyl (C=O) groups excluding carboxylic acids is 2. The van der Waals surface area contributed by atoms with Gasteiger partial charge in [-0.3, -0.25) is 9.59 Å². The van der Waals surface area contributed by atoms with E-state index in [1.807, 2.05) is 71.6 Å². The third-order valence-electron chi connectivity index (χ3n) is 15.4. The normalized spacial score (nSPS) is 23.5. The van der Waals surface area contributed by atoms with Gasteiger partial charge in [0, 0.05) is 71.8 Å². The number of halogens is 2. The summed E-state index contributed by atoms with van der Waals surface area (Å²) in [5.74, 6) is 9.62. The van der Waals surface area contributed by atoms with Crippen LogP contribution in [0.3, 0.4) is 0 Å². The van der Waals surface area contributed by atoms with Crippen LogP contribution in [0.2, 0.25) is 0 Å². The zero-order chi connectivity index (χ0) is 57.4. The number of aromatic nitrogens is 2. The minimum Gasteiger partial charge on any atom is -0.477 e. The molecule has 79 heavy (non-hydrogen) atoms. The summed E-state index contributed by atoms with van der Waals surface area (Å²) in [5, 5.41) is 20.2. The molecule has 4 aliphatic carbocycles. The van der Waals surface area contributed by atoms with Crippen LogP contribution in [0.1, 0.15) is 205 Å². The molecule has 8 rings (SSSR count). The van der Waals surface area contributed by atoms with Gasteiger partial charge >= 0.3 is 11.9 Å². The number of ether oxygens (including phenoxy) is 2. The molecule has 4 saturated carbocycles. The molecular weight excluding hydrogens is 1040 g/mol. The highest BCUT2D eigenvalue weighted by atomic mass is 32.1. The summed E-state index contributed by atoms with van der Waals surface area (Å²) in [5.41, 5.74) is 1.42. The number of carboxylic acid groups (broad SMARTS) is 2. The van der Waals surface area contributed by atoms with Crippen molar-refractivity contribution in [1.29, 1.82) is 0 Å². The Morgan fingerprint density at radius 2 is 0.949 bits per heavy atom. The summed E-state index contributed by atoms with van der Waals surface area (Å²) in [6, 6.07) is 10.0. The molecule has 0 spiro atoms. The zero-order valence-corrected chi connectivity index (χ0v) is 49.4. The van der Waals surface area contributed by atoms with E-state index in [1.165, 1.54) is 23.5 Å². The standard InChI is InChI=1S/C32H40F2N2O4S.C31H40N2O4S/c1-20-6-8-21(9-7-20)29(37)36(26-18-25(16-17-31(2,3)4)41-28(26)30(38)39)23-11-13-24(14-12-23)40-27-15-10-22(19-35-27)32(5,33)34;1-20-6-9-22(10-7-20)29(34)33(26-18-25(16-17-31(3,4)5)38-28(26)30(35)36)23-11-13-24(14-12-23)37-27-15-8-21(2)19-32-27/h10,15,18-21,23-24H,6-9,11-14H2,1-5H3,(H,38,39);8,15,18-20,22-24H,6-7,9-14H2,1-5H3,(H,35,36). The van der Waals surface area contributed by atoms with Gasteiger partial charge in [-0.15, -0.1) is 22.7 Å². The molecule has 0 unspecified atom stereocenters. The van der Waals surface area contributed by atoms with E-state index in [1.54, 1.807) is 17.2 Å². The maximum absolute atomic E-state index is 14.1. The molecular formula is C63H80F2N4O8S2. The van der Waals surface area contributed by atoms with Crippen LogP contribution < -0.4 is 19.3 Å². The van der Waals surface area contributed by atoms with Gasteiger partial charge in [0.25, 0.3) is 5.92 Å². The molecule has 0 radical (unpaired) electrons. The second-order valence-corrected chi connectivity index (χ2v) is 26.7. The molecule has 0 saturated heterocycles. The molecule has 0 bridgehead atoms. The van der Waals surface area contributed by atoms with E-state index in [0.29, 0.717) is 70.4 Å². The molecule has 426 valence electrons. The highest BCUT2D eigenvalue weighted by Gasteiger charge is 2.40. The fourth-order valence-electron chi connectivity index (χ4n) is 10.9. The first kappa shape index (κ1) is 60.8. The molecule has 12 nitrogen and oxygen atoms in total. The van der Waals surface area contributed by atoms with Gasteiger partial charge in [-0.25, -0.2) is 28.3 Å². The lowest BCUT2D eigenvalue weighted by atomic mass is 9.81. The topological polar surface area (TPSA) is 159 Å². The highest BCUT2D eigenvalue weighted by Crippen LogP contribution is 2.42. The highest BCUT2D eigenvalue weighted by molar-refractivity contribution is 7.15. The SMILES string of the molecule is CC1CCC(C(=O)N(c2cc(C#CC(C)(C)C)sc2C(=O)O)C2CCC(Oc3ccc(C(C)(F)F)cn3)CC2)CC1.Cc1ccc(OC2CCC(N(C(=O)C3CCC(C)CC3)c3cc(C#CC(C)(C)C)sc3C(=O)O)CC2)nc1. The van der Waals surface area contributed by atoms with Crippen molar-refractivity contribution in [2.24, 2.45) is 34.5 Å². The number of carbonyl (C=O) groups is 4. The Morgan fingerprint density at radius 1 is 0.570 bits per heavy atom. The van der Waals surface area contributed by atoms with Gasteiger partial charge in [0.1, 0.15) is 22.0 Å². The number of carboxylic acids is 2. The molecule has 4 heterocycles. The fourth-order valence-corrected chi connectivity index (χ4v) is 12.5. The number of amides is 2. The number of aryl methyl sites for hydroxylation is 1. The molecule has 4 aromatic heterocycles. The van der Waals surface area contributed by atoms with Gasteiger partial charge < -0.3 is 29.5 Å². The fraction of sp³-hybridized carbons (Fsp3) is 0.587. The monoisotopic (exact) mass is 1120 g/mol. The zero-order valence-electron chi connectivity index (χ0n) is 47.8. The molecule has 4 aromatic rings. The van der Waals surface area contributed by atoms with Crippen molar-refractivity contribution in [3.8, 4) is 35.4 Å². The second-order valence-electron chi connectivity index (χ2n) is 24.6. The van der Waals surface area contributed by atoms with Crippen LogP contribution in [0, 0.1) is 65.1 Å². The number of hydrogen-bond donors (Lipinski definition) is 2. The van der Waals surface area contributed by atoms with Crippen LogP contribution in [0.25, 0.3) is 0 Å². The van der Waals surface area contributed by atoms with E-state index in [2.05, 4.69) is 47.5 Å². The molecule has 0 aliphatic heterocycles. The minimum atomic E-state index is -2.97. The molecule has 2 amide bonds. The minimum absolute atomic E-state index is 0.00496. The predicted molar refractivity (Wildman–Crippen MR) is 309 cm³/mol. The van der Waals surface area contributed by atoms with Crippen LogP contribution in [-0.2, 0) is 15.5 Å². The molecule has 0 atom stereocenters. The lowest BCUT2D eigenvalue weighted by molar-refractivity contribution is -0.125. The van der Waals surface area contributed by atoms with E-state index in [0.717, 1.165) is 107 Å².